The van der Waals surface area contributed by atoms with Gasteiger partial charge in [-0.05, 0) is 5.56 Å². The van der Waals surface area contributed by atoms with E-state index in [9.17, 15) is 0 Å². The molecule has 1 fully saturated rings. The molecule has 5 heteroatoms. The van der Waals surface area contributed by atoms with Crippen molar-refractivity contribution in [3.8, 4) is 0 Å². The van der Waals surface area contributed by atoms with Gasteiger partial charge in [-0.1, -0.05) is 52.3 Å². The van der Waals surface area contributed by atoms with Crippen LogP contribution in [0, 0.1) is 0 Å². The van der Waals surface area contributed by atoms with Crippen LogP contribution in [0.25, 0.3) is 5.43 Å². The summed E-state index contributed by atoms with van der Waals surface area (Å²) >= 11 is 3.67. The third kappa shape index (κ3) is 3.17. The average molecular weight is 333 g/mol. The van der Waals surface area contributed by atoms with Crippen molar-refractivity contribution in [1.29, 1.82) is 0 Å². The van der Waals surface area contributed by atoms with Gasteiger partial charge in [-0.25, -0.2) is 4.68 Å². The molecule has 3 rings (SSSR count). The molecule has 0 bridgehead atoms. The zero-order valence-electron chi connectivity index (χ0n) is 11.0. The standard InChI is InChI=1S/C15H17BrN4/c16-14-15(19-20-9-5-2-6-10-20)17-11-13(18-14)12-7-3-1-4-8-12/h1-10,13-15,17-18H,11H2. The maximum absolute atomic E-state index is 4.62. The van der Waals surface area contributed by atoms with Crippen LogP contribution in [-0.2, 0) is 0 Å². The number of nitrogens with zero attached hydrogens (tertiary/aromatic N) is 2. The summed E-state index contributed by atoms with van der Waals surface area (Å²) in [6, 6.07) is 16.7. The highest BCUT2D eigenvalue weighted by atomic mass is 79.9. The number of piperazine rings is 1. The van der Waals surface area contributed by atoms with Gasteiger partial charge in [0.25, 0.3) is 0 Å². The molecule has 1 aliphatic rings. The van der Waals surface area contributed by atoms with E-state index < -0.39 is 0 Å². The van der Waals surface area contributed by atoms with Crippen molar-refractivity contribution in [3.05, 3.63) is 71.9 Å². The first kappa shape index (κ1) is 13.5. The van der Waals surface area contributed by atoms with Crippen LogP contribution < -0.4 is 15.3 Å². The Labute approximate surface area is 127 Å². The van der Waals surface area contributed by atoms with Crippen molar-refractivity contribution in [3.63, 3.8) is 0 Å². The van der Waals surface area contributed by atoms with Crippen molar-refractivity contribution < 1.29 is 4.68 Å². The molecule has 0 spiro atoms. The summed E-state index contributed by atoms with van der Waals surface area (Å²) in [5, 5.41) is 7.02. The van der Waals surface area contributed by atoms with E-state index in [1.54, 1.807) is 0 Å². The summed E-state index contributed by atoms with van der Waals surface area (Å²) in [5.74, 6) is 0. The second-order valence-corrected chi connectivity index (χ2v) is 5.74. The van der Waals surface area contributed by atoms with E-state index in [0.717, 1.165) is 6.54 Å². The van der Waals surface area contributed by atoms with Crippen LogP contribution in [0.4, 0.5) is 0 Å². The number of alkyl halides is 1. The lowest BCUT2D eigenvalue weighted by Crippen LogP contribution is -2.57. The van der Waals surface area contributed by atoms with Gasteiger partial charge in [0.05, 0.1) is 4.95 Å². The number of hydrogen-bond acceptors (Lipinski definition) is 2. The van der Waals surface area contributed by atoms with Crippen molar-refractivity contribution in [2.45, 2.75) is 17.2 Å². The topological polar surface area (TPSA) is 42.0 Å². The minimum atomic E-state index is 0.00219. The Bertz CT molecular complexity index is 534. The lowest BCUT2D eigenvalue weighted by Gasteiger charge is -2.40. The smallest absolute Gasteiger partial charge is 0.164 e. The molecule has 104 valence electrons. The molecule has 0 amide bonds. The van der Waals surface area contributed by atoms with Crippen LogP contribution in [0.1, 0.15) is 11.6 Å². The number of pyridine rings is 1. The number of aromatic nitrogens is 1. The van der Waals surface area contributed by atoms with Crippen molar-refractivity contribution in [2.24, 2.45) is 0 Å². The van der Waals surface area contributed by atoms with E-state index in [-0.39, 0.29) is 11.1 Å². The van der Waals surface area contributed by atoms with Crippen molar-refractivity contribution in [2.75, 3.05) is 6.54 Å². The minimum Gasteiger partial charge on any atom is -0.414 e. The Hall–Kier alpha value is -1.43. The molecule has 1 aromatic heterocycles. The second kappa shape index (κ2) is 6.35. The Kier molecular flexibility index (Phi) is 4.30. The van der Waals surface area contributed by atoms with Crippen LogP contribution in [-0.4, -0.2) is 17.7 Å². The van der Waals surface area contributed by atoms with Crippen molar-refractivity contribution in [1.82, 2.24) is 10.6 Å². The first-order valence-electron chi connectivity index (χ1n) is 6.69. The summed E-state index contributed by atoms with van der Waals surface area (Å²) in [5.41, 5.74) is 5.91. The molecule has 0 radical (unpaired) electrons. The van der Waals surface area contributed by atoms with Gasteiger partial charge in [-0.3, -0.25) is 5.32 Å². The molecule has 2 aromatic rings. The van der Waals surface area contributed by atoms with E-state index in [0.29, 0.717) is 6.04 Å². The van der Waals surface area contributed by atoms with Gasteiger partial charge in [0.15, 0.2) is 12.4 Å². The predicted molar refractivity (Wildman–Crippen MR) is 82.2 cm³/mol. The summed E-state index contributed by atoms with van der Waals surface area (Å²) in [7, 11) is 0. The van der Waals surface area contributed by atoms with Crippen LogP contribution in [0.5, 0.6) is 0 Å². The van der Waals surface area contributed by atoms with E-state index in [4.69, 9.17) is 0 Å². The summed E-state index contributed by atoms with van der Waals surface area (Å²) in [4.78, 5) is 0.0918. The van der Waals surface area contributed by atoms with Gasteiger partial charge < -0.3 is 10.7 Å². The van der Waals surface area contributed by atoms with Crippen LogP contribution >= 0.6 is 15.9 Å². The summed E-state index contributed by atoms with van der Waals surface area (Å²) in [6.07, 6.45) is 3.87. The monoisotopic (exact) mass is 332 g/mol. The molecular formula is C15H17BrN4. The van der Waals surface area contributed by atoms with E-state index in [1.807, 2.05) is 41.3 Å². The molecule has 20 heavy (non-hydrogen) atoms. The third-order valence-corrected chi connectivity index (χ3v) is 4.09. The fourth-order valence-electron chi connectivity index (χ4n) is 2.29. The first-order chi connectivity index (χ1) is 9.83. The van der Waals surface area contributed by atoms with Crippen LogP contribution in [0.2, 0.25) is 0 Å². The number of rotatable bonds is 3. The van der Waals surface area contributed by atoms with Gasteiger partial charge in [0.1, 0.15) is 0 Å². The molecule has 3 unspecified atom stereocenters. The molecule has 1 aliphatic heterocycles. The van der Waals surface area contributed by atoms with E-state index in [2.05, 4.69) is 56.3 Å². The van der Waals surface area contributed by atoms with Gasteiger partial charge in [-0.15, -0.1) is 0 Å². The number of nitrogens with one attached hydrogen (secondary N) is 2. The maximum Gasteiger partial charge on any atom is 0.164 e. The zero-order valence-corrected chi connectivity index (χ0v) is 12.6. The highest BCUT2D eigenvalue weighted by molar-refractivity contribution is 9.09. The highest BCUT2D eigenvalue weighted by Gasteiger charge is 2.24. The molecule has 1 saturated heterocycles. The lowest BCUT2D eigenvalue weighted by molar-refractivity contribution is -0.628. The fraction of sp³-hybridized carbons (Fsp3) is 0.267. The molecule has 2 heterocycles. The quantitative estimate of drug-likeness (QED) is 0.513. The predicted octanol–water partition coefficient (Wildman–Crippen LogP) is 2.09. The highest BCUT2D eigenvalue weighted by Crippen LogP contribution is 2.21. The largest absolute Gasteiger partial charge is 0.414 e. The van der Waals surface area contributed by atoms with Gasteiger partial charge in [0.2, 0.25) is 0 Å². The number of benzene rings is 1. The normalized spacial score (nSPS) is 26.1. The minimum absolute atomic E-state index is 0.00219. The second-order valence-electron chi connectivity index (χ2n) is 4.76. The molecular weight excluding hydrogens is 316 g/mol. The lowest BCUT2D eigenvalue weighted by atomic mass is 10.1. The maximum atomic E-state index is 4.62. The Balaban J connectivity index is 1.63. The van der Waals surface area contributed by atoms with Gasteiger partial charge in [0, 0.05) is 30.9 Å². The summed E-state index contributed by atoms with van der Waals surface area (Å²) < 4.78 is 1.83. The molecule has 4 nitrogen and oxygen atoms in total. The van der Waals surface area contributed by atoms with Crippen LogP contribution in [0.3, 0.4) is 0 Å². The Morgan fingerprint density at radius 1 is 1.05 bits per heavy atom. The Morgan fingerprint density at radius 2 is 1.75 bits per heavy atom. The Morgan fingerprint density at radius 3 is 2.45 bits per heavy atom. The zero-order chi connectivity index (χ0) is 13.8. The molecule has 0 saturated carbocycles. The SMILES string of the molecule is BrC1NC(c2ccccc2)CNC1[N-][n+]1ccccc1. The molecule has 1 aromatic carbocycles. The summed E-state index contributed by atoms with van der Waals surface area (Å²) in [6.45, 7) is 0.855. The van der Waals surface area contributed by atoms with Crippen LogP contribution in [0.15, 0.2) is 60.9 Å². The van der Waals surface area contributed by atoms with Crippen molar-refractivity contribution >= 4 is 15.9 Å². The number of hydrogen-bond donors (Lipinski definition) is 2. The molecule has 2 N–H and O–H groups in total. The number of halogens is 1. The average Bonchev–Trinajstić information content (AvgIpc) is 2.51. The third-order valence-electron chi connectivity index (χ3n) is 3.33. The molecule has 3 atom stereocenters. The van der Waals surface area contributed by atoms with E-state index >= 15 is 0 Å². The van der Waals surface area contributed by atoms with E-state index in [1.165, 1.54) is 5.56 Å². The van der Waals surface area contributed by atoms with Gasteiger partial charge in [-0.2, -0.15) is 0 Å². The first-order valence-corrected chi connectivity index (χ1v) is 7.60. The fourth-order valence-corrected chi connectivity index (χ4v) is 2.91. The van der Waals surface area contributed by atoms with Gasteiger partial charge >= 0.3 is 0 Å². The molecule has 0 aliphatic carbocycles.